The van der Waals surface area contributed by atoms with Gasteiger partial charge in [0.2, 0.25) is 11.8 Å². The van der Waals surface area contributed by atoms with Crippen molar-refractivity contribution in [1.82, 2.24) is 34.1 Å². The fourth-order valence-electron chi connectivity index (χ4n) is 7.93. The maximum Gasteiger partial charge on any atom is 0.433 e. The predicted octanol–water partition coefficient (Wildman–Crippen LogP) is 5.28. The third-order valence-electron chi connectivity index (χ3n) is 10.8. The SMILES string of the molecule is CN(CC#Cc1cccc2c1n(C)c(=O)n2C1CCC(=O)NC1=O)CC1CCC(n2cc3cc(NC(=O)c4cccc(C(F)(F)F)n4)c(C(C)(C)O)cc3n2)CC1. The molecule has 1 aliphatic heterocycles. The molecule has 2 fully saturated rings. The van der Waals surface area contributed by atoms with E-state index in [1.165, 1.54) is 15.2 Å². The molecule has 57 heavy (non-hydrogen) atoms. The molecule has 1 atom stereocenters. The number of aliphatic hydroxyl groups is 1. The summed E-state index contributed by atoms with van der Waals surface area (Å²) in [5.74, 6) is 5.26. The summed E-state index contributed by atoms with van der Waals surface area (Å²) in [5, 5.41) is 21.5. The summed E-state index contributed by atoms with van der Waals surface area (Å²) in [5.41, 5.74) is -0.179. The molecule has 0 spiro atoms. The normalized spacial score (nSPS) is 19.1. The van der Waals surface area contributed by atoms with Gasteiger partial charge in [-0.3, -0.25) is 38.4 Å². The number of hydrogen-bond acceptors (Lipinski definition) is 8. The van der Waals surface area contributed by atoms with Crippen molar-refractivity contribution in [2.75, 3.05) is 25.5 Å². The molecule has 5 aromatic rings. The average molecular weight is 785 g/mol. The summed E-state index contributed by atoms with van der Waals surface area (Å²) >= 11 is 0. The molecule has 16 heteroatoms. The number of anilines is 1. The van der Waals surface area contributed by atoms with Crippen molar-refractivity contribution in [2.45, 2.75) is 76.2 Å². The van der Waals surface area contributed by atoms with E-state index in [9.17, 15) is 37.5 Å². The number of carbonyl (C=O) groups is 3. The quantitative estimate of drug-likeness (QED) is 0.142. The van der Waals surface area contributed by atoms with Gasteiger partial charge < -0.3 is 10.4 Å². The highest BCUT2D eigenvalue weighted by atomic mass is 19.4. The number of nitrogens with zero attached hydrogens (tertiary/aromatic N) is 6. The van der Waals surface area contributed by atoms with Gasteiger partial charge in [0.25, 0.3) is 5.91 Å². The standard InChI is InChI=1S/C41H43F3N8O5/c1-40(2,57)28-21-30-26(20-31(28)46-37(54)29-10-6-12-34(45-29)41(42,43)44)23-51(48-30)27-15-13-24(14-16-27)22-49(3)19-7-9-25-8-5-11-32-36(25)50(4)39(56)52(32)33-17-18-35(53)47-38(33)55/h5-6,8,10-12,20-21,23-24,27,33,57H,13-19,22H2,1-4H3,(H,46,54)(H,47,53,55). The van der Waals surface area contributed by atoms with Crippen molar-refractivity contribution in [2.24, 2.45) is 13.0 Å². The Labute approximate surface area is 325 Å². The molecule has 3 N–H and O–H groups in total. The molecule has 3 aromatic heterocycles. The lowest BCUT2D eigenvalue weighted by atomic mass is 9.86. The van der Waals surface area contributed by atoms with Crippen LogP contribution in [-0.2, 0) is 28.4 Å². The van der Waals surface area contributed by atoms with Crippen LogP contribution in [0.15, 0.2) is 59.5 Å². The van der Waals surface area contributed by atoms with Crippen LogP contribution >= 0.6 is 0 Å². The molecular weight excluding hydrogens is 741 g/mol. The molecule has 7 rings (SSSR count). The first-order valence-corrected chi connectivity index (χ1v) is 18.8. The van der Waals surface area contributed by atoms with E-state index in [1.807, 2.05) is 30.1 Å². The number of aryl methyl sites for hydroxylation is 1. The average Bonchev–Trinajstić information content (AvgIpc) is 3.68. The molecule has 4 heterocycles. The summed E-state index contributed by atoms with van der Waals surface area (Å²) in [6.45, 7) is 4.46. The van der Waals surface area contributed by atoms with Gasteiger partial charge >= 0.3 is 11.9 Å². The van der Waals surface area contributed by atoms with Crippen molar-refractivity contribution in [1.29, 1.82) is 0 Å². The molecular formula is C41H43F3N8O5. The van der Waals surface area contributed by atoms with Crippen molar-refractivity contribution < 1.29 is 32.7 Å². The molecule has 3 amide bonds. The number of aromatic nitrogens is 5. The lowest BCUT2D eigenvalue weighted by molar-refractivity contribution is -0.141. The zero-order valence-corrected chi connectivity index (χ0v) is 32.0. The van der Waals surface area contributed by atoms with Crippen LogP contribution in [-0.4, -0.2) is 71.8 Å². The van der Waals surface area contributed by atoms with Crippen LogP contribution in [0, 0.1) is 17.8 Å². The van der Waals surface area contributed by atoms with E-state index in [-0.39, 0.29) is 36.2 Å². The first-order valence-electron chi connectivity index (χ1n) is 18.8. The second-order valence-electron chi connectivity index (χ2n) is 15.5. The summed E-state index contributed by atoms with van der Waals surface area (Å²) in [7, 11) is 3.68. The van der Waals surface area contributed by atoms with Crippen LogP contribution in [0.1, 0.15) is 91.8 Å². The Kier molecular flexibility index (Phi) is 10.6. The van der Waals surface area contributed by atoms with Crippen LogP contribution in [0.2, 0.25) is 0 Å². The third-order valence-corrected chi connectivity index (χ3v) is 10.8. The van der Waals surface area contributed by atoms with Gasteiger partial charge in [-0.1, -0.05) is 24.0 Å². The largest absolute Gasteiger partial charge is 0.433 e. The van der Waals surface area contributed by atoms with E-state index >= 15 is 0 Å². The number of imidazole rings is 1. The highest BCUT2D eigenvalue weighted by Gasteiger charge is 2.34. The number of alkyl halides is 3. The predicted molar refractivity (Wildman–Crippen MR) is 206 cm³/mol. The number of benzene rings is 2. The smallest absolute Gasteiger partial charge is 0.386 e. The number of carbonyl (C=O) groups excluding carboxylic acids is 3. The topological polar surface area (TPSA) is 156 Å². The lowest BCUT2D eigenvalue weighted by Gasteiger charge is -2.30. The molecule has 298 valence electrons. The number of fused-ring (bicyclic) bond motifs is 2. The minimum atomic E-state index is -4.70. The molecule has 2 aliphatic rings. The number of amides is 3. The van der Waals surface area contributed by atoms with Crippen LogP contribution in [0.4, 0.5) is 18.9 Å². The van der Waals surface area contributed by atoms with E-state index in [0.717, 1.165) is 44.4 Å². The highest BCUT2D eigenvalue weighted by Crippen LogP contribution is 2.36. The van der Waals surface area contributed by atoms with Crippen LogP contribution in [0.5, 0.6) is 0 Å². The Bertz CT molecular complexity index is 2510. The van der Waals surface area contributed by atoms with Crippen molar-refractivity contribution in [3.8, 4) is 11.8 Å². The van der Waals surface area contributed by atoms with E-state index in [0.29, 0.717) is 45.5 Å². The van der Waals surface area contributed by atoms with E-state index in [1.54, 1.807) is 39.1 Å². The minimum Gasteiger partial charge on any atom is -0.386 e. The lowest BCUT2D eigenvalue weighted by Crippen LogP contribution is -2.44. The molecule has 1 saturated carbocycles. The van der Waals surface area contributed by atoms with Gasteiger partial charge in [-0.2, -0.15) is 18.3 Å². The number of piperidine rings is 1. The molecule has 0 bridgehead atoms. The zero-order chi connectivity index (χ0) is 40.8. The number of hydrogen-bond donors (Lipinski definition) is 3. The molecule has 2 aromatic carbocycles. The van der Waals surface area contributed by atoms with Crippen LogP contribution in [0.3, 0.4) is 0 Å². The van der Waals surface area contributed by atoms with E-state index in [2.05, 4.69) is 32.4 Å². The highest BCUT2D eigenvalue weighted by molar-refractivity contribution is 6.04. The van der Waals surface area contributed by atoms with Gasteiger partial charge in [0.1, 0.15) is 17.4 Å². The van der Waals surface area contributed by atoms with E-state index in [4.69, 9.17) is 5.10 Å². The van der Waals surface area contributed by atoms with Gasteiger partial charge in [0.15, 0.2) is 0 Å². The van der Waals surface area contributed by atoms with Crippen molar-refractivity contribution >= 4 is 45.3 Å². The third kappa shape index (κ3) is 8.21. The second kappa shape index (κ2) is 15.3. The Hall–Kier alpha value is -5.79. The number of halogens is 3. The van der Waals surface area contributed by atoms with Crippen LogP contribution in [0.25, 0.3) is 21.9 Å². The number of rotatable bonds is 8. The van der Waals surface area contributed by atoms with Gasteiger partial charge in [0, 0.05) is 42.8 Å². The van der Waals surface area contributed by atoms with Crippen LogP contribution < -0.4 is 16.3 Å². The Morgan fingerprint density at radius 3 is 2.49 bits per heavy atom. The van der Waals surface area contributed by atoms with Gasteiger partial charge in [0.05, 0.1) is 40.3 Å². The molecule has 1 saturated heterocycles. The first-order chi connectivity index (χ1) is 27.0. The zero-order valence-electron chi connectivity index (χ0n) is 32.0. The van der Waals surface area contributed by atoms with E-state index < -0.39 is 41.0 Å². The number of imide groups is 1. The summed E-state index contributed by atoms with van der Waals surface area (Å²) < 4.78 is 44.6. The monoisotopic (exact) mass is 784 g/mol. The first kappa shape index (κ1) is 39.4. The maximum atomic E-state index is 13.3. The summed E-state index contributed by atoms with van der Waals surface area (Å²) in [6, 6.07) is 11.3. The maximum absolute atomic E-state index is 13.3. The number of pyridine rings is 1. The van der Waals surface area contributed by atoms with Gasteiger partial charge in [-0.25, -0.2) is 9.78 Å². The fraction of sp³-hybridized carbons (Fsp3) is 0.415. The van der Waals surface area contributed by atoms with Crippen molar-refractivity contribution in [3.05, 3.63) is 87.7 Å². The Morgan fingerprint density at radius 2 is 1.79 bits per heavy atom. The summed E-state index contributed by atoms with van der Waals surface area (Å²) in [6.07, 6.45) is 1.32. The van der Waals surface area contributed by atoms with Gasteiger partial charge in [-0.15, -0.1) is 0 Å². The van der Waals surface area contributed by atoms with Crippen molar-refractivity contribution in [3.63, 3.8) is 0 Å². The Balaban J connectivity index is 0.989. The summed E-state index contributed by atoms with van der Waals surface area (Å²) in [4.78, 5) is 56.3. The number of para-hydroxylation sites is 1. The fourth-order valence-corrected chi connectivity index (χ4v) is 7.93. The second-order valence-corrected chi connectivity index (χ2v) is 15.5. The molecule has 13 nitrogen and oxygen atoms in total. The number of nitrogens with one attached hydrogen (secondary N) is 2. The molecule has 0 radical (unpaired) electrons. The molecule has 1 aliphatic carbocycles. The minimum absolute atomic E-state index is 0.135. The molecule has 1 unspecified atom stereocenters. The Morgan fingerprint density at radius 1 is 1.05 bits per heavy atom. The van der Waals surface area contributed by atoms with Gasteiger partial charge in [-0.05, 0) is 95.3 Å².